The summed E-state index contributed by atoms with van der Waals surface area (Å²) in [6.07, 6.45) is 0. The van der Waals surface area contributed by atoms with Gasteiger partial charge in [-0.25, -0.2) is 0 Å². The number of thiophene rings is 1. The quantitative estimate of drug-likeness (QED) is 0.562. The van der Waals surface area contributed by atoms with Crippen LogP contribution in [0.1, 0.15) is 13.8 Å². The molecule has 1 aromatic heterocycles. The van der Waals surface area contributed by atoms with Gasteiger partial charge in [0, 0.05) is 29.5 Å². The van der Waals surface area contributed by atoms with Crippen molar-refractivity contribution in [2.24, 2.45) is 0 Å². The van der Waals surface area contributed by atoms with Crippen LogP contribution in [-0.4, -0.2) is 21.2 Å². The Morgan fingerprint density at radius 1 is 0.708 bits per heavy atom. The summed E-state index contributed by atoms with van der Waals surface area (Å²) in [5.41, 5.74) is 3.70. The Morgan fingerprint density at radius 2 is 1.17 bits per heavy atom. The lowest BCUT2D eigenvalue weighted by molar-refractivity contribution is 0.415. The number of hydrogen-bond acceptors (Lipinski definition) is 3. The van der Waals surface area contributed by atoms with Crippen molar-refractivity contribution in [2.75, 3.05) is 26.1 Å². The smallest absolute Gasteiger partial charge is 0.118 e. The first kappa shape index (κ1) is 18.1. The Bertz CT molecular complexity index is 742. The van der Waals surface area contributed by atoms with E-state index in [2.05, 4.69) is 67.5 Å². The molecule has 0 bridgehead atoms. The van der Waals surface area contributed by atoms with Gasteiger partial charge in [-0.2, -0.15) is 0 Å². The number of methoxy groups -OCH3 is 1. The van der Waals surface area contributed by atoms with Crippen LogP contribution in [0, 0.1) is 0 Å². The van der Waals surface area contributed by atoms with Crippen LogP contribution < -0.4 is 9.64 Å². The lowest BCUT2D eigenvalue weighted by Gasteiger charge is -2.12. The summed E-state index contributed by atoms with van der Waals surface area (Å²) in [4.78, 5) is 4.67. The van der Waals surface area contributed by atoms with Crippen molar-refractivity contribution in [2.45, 2.75) is 13.8 Å². The van der Waals surface area contributed by atoms with Gasteiger partial charge in [-0.05, 0) is 59.7 Å². The monoisotopic (exact) mass is 339 g/mol. The molecule has 0 radical (unpaired) electrons. The minimum Gasteiger partial charge on any atom is -0.497 e. The van der Waals surface area contributed by atoms with E-state index in [0.29, 0.717) is 0 Å². The SMILES string of the molecule is CC.COc1ccc(-c2ccc(-c3ccc(N(C)C)cc3)s2)cc1. The maximum Gasteiger partial charge on any atom is 0.118 e. The largest absolute Gasteiger partial charge is 0.497 e. The topological polar surface area (TPSA) is 12.5 Å². The predicted octanol–water partition coefficient (Wildman–Crippen LogP) is 6.18. The highest BCUT2D eigenvalue weighted by Crippen LogP contribution is 2.35. The van der Waals surface area contributed by atoms with Crippen LogP contribution in [0.15, 0.2) is 60.7 Å². The Balaban J connectivity index is 0.00000100. The van der Waals surface area contributed by atoms with Gasteiger partial charge >= 0.3 is 0 Å². The van der Waals surface area contributed by atoms with Crippen molar-refractivity contribution in [3.8, 4) is 26.6 Å². The Labute approximate surface area is 149 Å². The number of benzene rings is 2. The molecule has 3 rings (SSSR count). The summed E-state index contributed by atoms with van der Waals surface area (Å²) in [5, 5.41) is 0. The predicted molar refractivity (Wildman–Crippen MR) is 107 cm³/mol. The molecule has 0 unspecified atom stereocenters. The molecular formula is C21H25NOS. The van der Waals surface area contributed by atoms with Crippen molar-refractivity contribution >= 4 is 17.0 Å². The Morgan fingerprint density at radius 3 is 1.58 bits per heavy atom. The van der Waals surface area contributed by atoms with Gasteiger partial charge in [0.15, 0.2) is 0 Å². The maximum absolute atomic E-state index is 5.21. The molecular weight excluding hydrogens is 314 g/mol. The standard InChI is InChI=1S/C19H19NOS.C2H6/c1-20(2)16-8-4-14(5-9-16)18-12-13-19(22-18)15-6-10-17(21-3)11-7-15;1-2/h4-13H,1-3H3;1-2H3. The van der Waals surface area contributed by atoms with Gasteiger partial charge in [-0.1, -0.05) is 26.0 Å². The molecule has 0 amide bonds. The summed E-state index contributed by atoms with van der Waals surface area (Å²) in [5.74, 6) is 0.889. The first-order chi connectivity index (χ1) is 11.7. The molecule has 2 nitrogen and oxygen atoms in total. The van der Waals surface area contributed by atoms with Crippen LogP contribution >= 0.6 is 11.3 Å². The zero-order chi connectivity index (χ0) is 17.5. The van der Waals surface area contributed by atoms with E-state index >= 15 is 0 Å². The lowest BCUT2D eigenvalue weighted by Crippen LogP contribution is -2.07. The summed E-state index contributed by atoms with van der Waals surface area (Å²) >= 11 is 1.81. The van der Waals surface area contributed by atoms with Gasteiger partial charge in [-0.15, -0.1) is 11.3 Å². The molecule has 0 aliphatic carbocycles. The van der Waals surface area contributed by atoms with Crippen LogP contribution in [-0.2, 0) is 0 Å². The van der Waals surface area contributed by atoms with Gasteiger partial charge in [-0.3, -0.25) is 0 Å². The number of anilines is 1. The van der Waals surface area contributed by atoms with Crippen molar-refractivity contribution < 1.29 is 4.74 Å². The molecule has 24 heavy (non-hydrogen) atoms. The highest BCUT2D eigenvalue weighted by atomic mass is 32.1. The fourth-order valence-electron chi connectivity index (χ4n) is 2.33. The van der Waals surface area contributed by atoms with Crippen LogP contribution in [0.25, 0.3) is 20.9 Å². The lowest BCUT2D eigenvalue weighted by atomic mass is 10.1. The van der Waals surface area contributed by atoms with E-state index in [1.54, 1.807) is 7.11 Å². The molecule has 126 valence electrons. The van der Waals surface area contributed by atoms with Crippen molar-refractivity contribution in [3.63, 3.8) is 0 Å². The summed E-state index contributed by atoms with van der Waals surface area (Å²) in [7, 11) is 5.81. The van der Waals surface area contributed by atoms with E-state index in [1.807, 2.05) is 37.3 Å². The highest BCUT2D eigenvalue weighted by molar-refractivity contribution is 7.18. The highest BCUT2D eigenvalue weighted by Gasteiger charge is 2.06. The zero-order valence-corrected chi connectivity index (χ0v) is 15.9. The Hall–Kier alpha value is -2.26. The van der Waals surface area contributed by atoms with Crippen molar-refractivity contribution in [1.29, 1.82) is 0 Å². The molecule has 3 aromatic rings. The molecule has 1 heterocycles. The third-order valence-electron chi connectivity index (χ3n) is 3.65. The van der Waals surface area contributed by atoms with E-state index in [4.69, 9.17) is 4.74 Å². The number of hydrogen-bond donors (Lipinski definition) is 0. The van der Waals surface area contributed by atoms with Crippen LogP contribution in [0.4, 0.5) is 5.69 Å². The third-order valence-corrected chi connectivity index (χ3v) is 4.83. The molecule has 2 aromatic carbocycles. The van der Waals surface area contributed by atoms with Gasteiger partial charge < -0.3 is 9.64 Å². The number of rotatable bonds is 4. The molecule has 0 spiro atoms. The van der Waals surface area contributed by atoms with Crippen molar-refractivity contribution in [3.05, 3.63) is 60.7 Å². The fourth-order valence-corrected chi connectivity index (χ4v) is 3.34. The van der Waals surface area contributed by atoms with Crippen molar-refractivity contribution in [1.82, 2.24) is 0 Å². The van der Waals surface area contributed by atoms with Crippen LogP contribution in [0.2, 0.25) is 0 Å². The van der Waals surface area contributed by atoms with Gasteiger partial charge in [0.1, 0.15) is 5.75 Å². The molecule has 3 heteroatoms. The minimum absolute atomic E-state index is 0.889. The van der Waals surface area contributed by atoms with E-state index in [0.717, 1.165) is 5.75 Å². The first-order valence-electron chi connectivity index (χ1n) is 8.19. The fraction of sp³-hybridized carbons (Fsp3) is 0.238. The zero-order valence-electron chi connectivity index (χ0n) is 15.0. The first-order valence-corrected chi connectivity index (χ1v) is 9.01. The number of nitrogens with zero attached hydrogens (tertiary/aromatic N) is 1. The van der Waals surface area contributed by atoms with E-state index in [1.165, 1.54) is 26.6 Å². The maximum atomic E-state index is 5.21. The third kappa shape index (κ3) is 4.18. The number of ether oxygens (including phenoxy) is 1. The average molecular weight is 340 g/mol. The minimum atomic E-state index is 0.889. The Kier molecular flexibility index (Phi) is 6.44. The van der Waals surface area contributed by atoms with Gasteiger partial charge in [0.25, 0.3) is 0 Å². The molecule has 0 atom stereocenters. The van der Waals surface area contributed by atoms with Gasteiger partial charge in [0.05, 0.1) is 7.11 Å². The molecule has 0 aliphatic heterocycles. The molecule has 0 saturated heterocycles. The molecule has 0 N–H and O–H groups in total. The van der Waals surface area contributed by atoms with Crippen LogP contribution in [0.3, 0.4) is 0 Å². The molecule has 0 saturated carbocycles. The van der Waals surface area contributed by atoms with Crippen LogP contribution in [0.5, 0.6) is 5.75 Å². The normalized spacial score (nSPS) is 9.88. The molecule has 0 fully saturated rings. The molecule has 0 aliphatic rings. The van der Waals surface area contributed by atoms with E-state index in [9.17, 15) is 0 Å². The second-order valence-corrected chi connectivity index (χ2v) is 6.42. The summed E-state index contributed by atoms with van der Waals surface area (Å²) in [6, 6.07) is 21.2. The van der Waals surface area contributed by atoms with E-state index in [-0.39, 0.29) is 0 Å². The second kappa shape index (κ2) is 8.55. The van der Waals surface area contributed by atoms with E-state index < -0.39 is 0 Å². The second-order valence-electron chi connectivity index (χ2n) is 5.33. The average Bonchev–Trinajstić information content (AvgIpc) is 3.13. The summed E-state index contributed by atoms with van der Waals surface area (Å²) < 4.78 is 5.21. The van der Waals surface area contributed by atoms with Gasteiger partial charge in [0.2, 0.25) is 0 Å². The summed E-state index contributed by atoms with van der Waals surface area (Å²) in [6.45, 7) is 4.00.